The van der Waals surface area contributed by atoms with Crippen LogP contribution in [0.15, 0.2) is 78.9 Å². The summed E-state index contributed by atoms with van der Waals surface area (Å²) < 4.78 is 0. The van der Waals surface area contributed by atoms with Gasteiger partial charge in [-0.25, -0.2) is 0 Å². The van der Waals surface area contributed by atoms with E-state index in [1.807, 2.05) is 61.5 Å². The van der Waals surface area contributed by atoms with Gasteiger partial charge in [0, 0.05) is 29.8 Å². The Balaban J connectivity index is 1.71. The van der Waals surface area contributed by atoms with Crippen LogP contribution in [0.2, 0.25) is 0 Å². The lowest BCUT2D eigenvalue weighted by Crippen LogP contribution is -2.28. The number of aromatic nitrogens is 1. The molecule has 1 aromatic heterocycles. The highest BCUT2D eigenvalue weighted by Crippen LogP contribution is 2.33. The van der Waals surface area contributed by atoms with Gasteiger partial charge in [0.2, 0.25) is 5.91 Å². The molecule has 0 spiro atoms. The number of carbonyl (C=O) groups excluding carboxylic acids is 1. The summed E-state index contributed by atoms with van der Waals surface area (Å²) in [7, 11) is 1.67. The first-order valence-electron chi connectivity index (χ1n) is 10.4. The quantitative estimate of drug-likeness (QED) is 0.309. The number of nitro benzene ring substituents is 1. The van der Waals surface area contributed by atoms with Crippen LogP contribution in [0.1, 0.15) is 16.8 Å². The molecule has 4 aromatic rings. The lowest BCUT2D eigenvalue weighted by molar-refractivity contribution is -0.385. The van der Waals surface area contributed by atoms with E-state index in [-0.39, 0.29) is 24.6 Å². The van der Waals surface area contributed by atoms with Crippen LogP contribution in [0.5, 0.6) is 0 Å². The molecule has 6 heteroatoms. The number of likely N-dealkylation sites (N-methyl/N-ethyl adjacent to an activating group) is 1. The van der Waals surface area contributed by atoms with E-state index in [2.05, 4.69) is 0 Å². The number of amides is 1. The van der Waals surface area contributed by atoms with Crippen molar-refractivity contribution in [3.63, 3.8) is 0 Å². The molecular formula is C26H23N3O3. The van der Waals surface area contributed by atoms with Gasteiger partial charge in [-0.1, -0.05) is 66.7 Å². The SMILES string of the molecule is Cc1nc2ccccc2c(-c2ccccc2)c1CC(=O)N(C)Cc1ccccc1[N+](=O)[O-]. The van der Waals surface area contributed by atoms with E-state index in [0.29, 0.717) is 5.56 Å². The summed E-state index contributed by atoms with van der Waals surface area (Å²) in [5, 5.41) is 12.3. The number of benzene rings is 3. The van der Waals surface area contributed by atoms with Gasteiger partial charge in [0.05, 0.1) is 23.4 Å². The van der Waals surface area contributed by atoms with Crippen molar-refractivity contribution in [3.05, 3.63) is 106 Å². The molecule has 0 unspecified atom stereocenters. The fourth-order valence-electron chi connectivity index (χ4n) is 3.98. The van der Waals surface area contributed by atoms with Crippen LogP contribution >= 0.6 is 0 Å². The summed E-state index contributed by atoms with van der Waals surface area (Å²) in [6.07, 6.45) is 0.158. The molecule has 0 aliphatic carbocycles. The third kappa shape index (κ3) is 4.21. The molecule has 0 atom stereocenters. The Morgan fingerprint density at radius 1 is 0.969 bits per heavy atom. The normalized spacial score (nSPS) is 10.8. The van der Waals surface area contributed by atoms with Gasteiger partial charge in [0.25, 0.3) is 5.69 Å². The van der Waals surface area contributed by atoms with Gasteiger partial charge in [0.1, 0.15) is 0 Å². The number of para-hydroxylation sites is 2. The second kappa shape index (κ2) is 8.98. The molecule has 1 heterocycles. The van der Waals surface area contributed by atoms with Crippen molar-refractivity contribution in [3.8, 4) is 11.1 Å². The van der Waals surface area contributed by atoms with Crippen molar-refractivity contribution in [2.24, 2.45) is 0 Å². The monoisotopic (exact) mass is 425 g/mol. The van der Waals surface area contributed by atoms with E-state index in [1.165, 1.54) is 11.0 Å². The van der Waals surface area contributed by atoms with E-state index in [4.69, 9.17) is 4.98 Å². The summed E-state index contributed by atoms with van der Waals surface area (Å²) in [4.78, 5) is 30.4. The summed E-state index contributed by atoms with van der Waals surface area (Å²) in [5.74, 6) is -0.125. The van der Waals surface area contributed by atoms with Crippen molar-refractivity contribution in [2.45, 2.75) is 19.9 Å². The van der Waals surface area contributed by atoms with Crippen LogP contribution in [0.3, 0.4) is 0 Å². The highest BCUT2D eigenvalue weighted by atomic mass is 16.6. The number of hydrogen-bond acceptors (Lipinski definition) is 4. The molecule has 3 aromatic carbocycles. The third-order valence-electron chi connectivity index (χ3n) is 5.61. The number of carbonyl (C=O) groups is 1. The first kappa shape index (κ1) is 21.2. The summed E-state index contributed by atoms with van der Waals surface area (Å²) in [5.41, 5.74) is 5.10. The third-order valence-corrected chi connectivity index (χ3v) is 5.61. The fourth-order valence-corrected chi connectivity index (χ4v) is 3.98. The maximum absolute atomic E-state index is 13.2. The van der Waals surface area contributed by atoms with E-state index >= 15 is 0 Å². The van der Waals surface area contributed by atoms with E-state index in [1.54, 1.807) is 25.2 Å². The Hall–Kier alpha value is -4.06. The lowest BCUT2D eigenvalue weighted by Gasteiger charge is -2.20. The predicted octanol–water partition coefficient (Wildman–Crippen LogP) is 5.32. The lowest BCUT2D eigenvalue weighted by atomic mass is 9.92. The van der Waals surface area contributed by atoms with Crippen LogP contribution in [-0.4, -0.2) is 27.8 Å². The van der Waals surface area contributed by atoms with Crippen molar-refractivity contribution < 1.29 is 9.72 Å². The highest BCUT2D eigenvalue weighted by molar-refractivity contribution is 5.98. The minimum absolute atomic E-state index is 0.0145. The number of fused-ring (bicyclic) bond motifs is 1. The Labute approximate surface area is 186 Å². The molecule has 6 nitrogen and oxygen atoms in total. The number of aryl methyl sites for hydroxylation is 1. The molecule has 0 aliphatic rings. The van der Waals surface area contributed by atoms with Gasteiger partial charge in [-0.05, 0) is 29.7 Å². The molecule has 0 saturated heterocycles. The molecular weight excluding hydrogens is 402 g/mol. The zero-order valence-electron chi connectivity index (χ0n) is 18.0. The minimum Gasteiger partial charge on any atom is -0.341 e. The molecule has 0 radical (unpaired) electrons. The number of nitrogens with zero attached hydrogens (tertiary/aromatic N) is 3. The second-order valence-electron chi connectivity index (χ2n) is 7.75. The van der Waals surface area contributed by atoms with Crippen molar-refractivity contribution in [2.75, 3.05) is 7.05 Å². The molecule has 4 rings (SSSR count). The van der Waals surface area contributed by atoms with Gasteiger partial charge < -0.3 is 4.90 Å². The van der Waals surface area contributed by atoms with Gasteiger partial charge >= 0.3 is 0 Å². The van der Waals surface area contributed by atoms with E-state index in [0.717, 1.165) is 33.3 Å². The standard InChI is InChI=1S/C26H23N3O3/c1-18-22(16-25(30)28(2)17-20-12-6-9-15-24(20)29(31)32)26(19-10-4-3-5-11-19)21-13-7-8-14-23(21)27-18/h3-15H,16-17H2,1-2H3. The molecule has 0 saturated carbocycles. The van der Waals surface area contributed by atoms with Gasteiger partial charge in [-0.15, -0.1) is 0 Å². The average molecular weight is 425 g/mol. The maximum atomic E-state index is 13.2. The van der Waals surface area contributed by atoms with Gasteiger partial charge in [-0.2, -0.15) is 0 Å². The summed E-state index contributed by atoms with van der Waals surface area (Å²) >= 11 is 0. The van der Waals surface area contributed by atoms with Crippen LogP contribution < -0.4 is 0 Å². The van der Waals surface area contributed by atoms with Crippen molar-refractivity contribution in [1.82, 2.24) is 9.88 Å². The zero-order chi connectivity index (χ0) is 22.7. The van der Waals surface area contributed by atoms with Gasteiger partial charge in [0.15, 0.2) is 0 Å². The van der Waals surface area contributed by atoms with Crippen LogP contribution in [-0.2, 0) is 17.8 Å². The first-order valence-corrected chi connectivity index (χ1v) is 10.4. The zero-order valence-corrected chi connectivity index (χ0v) is 18.0. The number of nitro groups is 1. The molecule has 0 fully saturated rings. The van der Waals surface area contributed by atoms with Crippen molar-refractivity contribution in [1.29, 1.82) is 0 Å². The fraction of sp³-hybridized carbons (Fsp3) is 0.154. The Bertz CT molecular complexity index is 1300. The Kier molecular flexibility index (Phi) is 5.94. The number of hydrogen-bond donors (Lipinski definition) is 0. The highest BCUT2D eigenvalue weighted by Gasteiger charge is 2.21. The maximum Gasteiger partial charge on any atom is 0.274 e. The predicted molar refractivity (Wildman–Crippen MR) is 125 cm³/mol. The molecule has 0 aliphatic heterocycles. The summed E-state index contributed by atoms with van der Waals surface area (Å²) in [6, 6.07) is 24.4. The topological polar surface area (TPSA) is 76.3 Å². The Morgan fingerprint density at radius 3 is 2.38 bits per heavy atom. The van der Waals surface area contributed by atoms with Crippen LogP contribution in [0, 0.1) is 17.0 Å². The Morgan fingerprint density at radius 2 is 1.62 bits per heavy atom. The molecule has 160 valence electrons. The second-order valence-corrected chi connectivity index (χ2v) is 7.75. The van der Waals surface area contributed by atoms with Crippen LogP contribution in [0.4, 0.5) is 5.69 Å². The molecule has 0 N–H and O–H groups in total. The molecule has 0 bridgehead atoms. The minimum atomic E-state index is -0.418. The molecule has 32 heavy (non-hydrogen) atoms. The number of pyridine rings is 1. The average Bonchev–Trinajstić information content (AvgIpc) is 2.80. The van der Waals surface area contributed by atoms with Gasteiger partial charge in [-0.3, -0.25) is 19.9 Å². The largest absolute Gasteiger partial charge is 0.341 e. The van der Waals surface area contributed by atoms with Crippen LogP contribution in [0.25, 0.3) is 22.0 Å². The smallest absolute Gasteiger partial charge is 0.274 e. The van der Waals surface area contributed by atoms with Crippen molar-refractivity contribution >= 4 is 22.5 Å². The number of rotatable bonds is 6. The first-order chi connectivity index (χ1) is 15.5. The summed E-state index contributed by atoms with van der Waals surface area (Å²) in [6.45, 7) is 2.08. The molecule has 1 amide bonds. The van der Waals surface area contributed by atoms with E-state index < -0.39 is 4.92 Å². The van der Waals surface area contributed by atoms with E-state index in [9.17, 15) is 14.9 Å².